The van der Waals surface area contributed by atoms with Crippen LogP contribution in [0.4, 0.5) is 0 Å². The van der Waals surface area contributed by atoms with Crippen molar-refractivity contribution in [2.45, 2.75) is 12.3 Å². The summed E-state index contributed by atoms with van der Waals surface area (Å²) in [5.74, 6) is 1.05. The Morgan fingerprint density at radius 2 is 2.11 bits per heavy atom. The second-order valence-corrected chi connectivity index (χ2v) is 6.83. The molecule has 0 amide bonds. The van der Waals surface area contributed by atoms with E-state index in [1.807, 2.05) is 0 Å². The van der Waals surface area contributed by atoms with Crippen molar-refractivity contribution in [2.75, 3.05) is 6.54 Å². The molecule has 0 fully saturated rings. The van der Waals surface area contributed by atoms with Crippen LogP contribution in [0.5, 0.6) is 0 Å². The predicted octanol–water partition coefficient (Wildman–Crippen LogP) is 4.02. The summed E-state index contributed by atoms with van der Waals surface area (Å²) < 4.78 is 1.17. The van der Waals surface area contributed by atoms with Gasteiger partial charge in [0, 0.05) is 33.6 Å². The van der Waals surface area contributed by atoms with E-state index < -0.39 is 0 Å². The minimum Gasteiger partial charge on any atom is -0.384 e. The Hall–Kier alpha value is -1.28. The summed E-state index contributed by atoms with van der Waals surface area (Å²) in [6.07, 6.45) is 11.5. The summed E-state index contributed by atoms with van der Waals surface area (Å²) in [6, 6.07) is 6.68. The monoisotopic (exact) mass is 313 g/mol. The van der Waals surface area contributed by atoms with Crippen molar-refractivity contribution in [1.29, 1.82) is 0 Å². The molecule has 2 bridgehead atoms. The van der Waals surface area contributed by atoms with Gasteiger partial charge in [0.15, 0.2) is 0 Å². The lowest BCUT2D eigenvalue weighted by Gasteiger charge is -2.42. The lowest BCUT2D eigenvalue weighted by Crippen LogP contribution is -2.44. The quantitative estimate of drug-likeness (QED) is 0.762. The normalized spacial score (nSPS) is 34.1. The van der Waals surface area contributed by atoms with Gasteiger partial charge in [0.05, 0.1) is 0 Å². The highest BCUT2D eigenvalue weighted by molar-refractivity contribution is 9.10. The van der Waals surface area contributed by atoms with E-state index in [9.17, 15) is 0 Å². The van der Waals surface area contributed by atoms with Crippen LogP contribution in [0.2, 0.25) is 0 Å². The largest absolute Gasteiger partial charge is 0.384 e. The Bertz CT molecular complexity index is 641. The lowest BCUT2D eigenvalue weighted by atomic mass is 9.65. The van der Waals surface area contributed by atoms with E-state index in [-0.39, 0.29) is 5.41 Å². The van der Waals surface area contributed by atoms with E-state index in [1.165, 1.54) is 21.3 Å². The van der Waals surface area contributed by atoms with Crippen molar-refractivity contribution < 1.29 is 0 Å². The molecule has 1 nitrogen and oxygen atoms in total. The van der Waals surface area contributed by atoms with E-state index >= 15 is 0 Å². The molecule has 2 heteroatoms. The second kappa shape index (κ2) is 3.86. The van der Waals surface area contributed by atoms with Gasteiger partial charge in [-0.25, -0.2) is 0 Å². The number of halogens is 1. The second-order valence-electron chi connectivity index (χ2n) is 5.91. The lowest BCUT2D eigenvalue weighted by molar-refractivity contribution is 0.310. The Morgan fingerprint density at radius 3 is 3.00 bits per heavy atom. The molecule has 3 unspecified atom stereocenters. The third-order valence-electron chi connectivity index (χ3n) is 4.81. The average Bonchev–Trinajstić information content (AvgIpc) is 2.63. The first kappa shape index (κ1) is 11.5. The summed E-state index contributed by atoms with van der Waals surface area (Å²) in [4.78, 5) is 0. The van der Waals surface area contributed by atoms with Crippen molar-refractivity contribution in [1.82, 2.24) is 5.32 Å². The topological polar surface area (TPSA) is 12.0 Å². The van der Waals surface area contributed by atoms with Crippen LogP contribution in [0.1, 0.15) is 18.1 Å². The number of rotatable bonds is 0. The SMILES string of the molecule is CC12CNC(=CC3C=CC=CC31)c1ccc(Br)cc12. The van der Waals surface area contributed by atoms with Crippen LogP contribution in [-0.4, -0.2) is 6.54 Å². The van der Waals surface area contributed by atoms with Crippen molar-refractivity contribution in [3.05, 3.63) is 64.2 Å². The van der Waals surface area contributed by atoms with Crippen molar-refractivity contribution in [3.8, 4) is 0 Å². The molecule has 19 heavy (non-hydrogen) atoms. The number of benzene rings is 1. The van der Waals surface area contributed by atoms with Crippen LogP contribution >= 0.6 is 15.9 Å². The maximum absolute atomic E-state index is 3.63. The number of nitrogens with one attached hydrogen (secondary N) is 1. The summed E-state index contributed by atoms with van der Waals surface area (Å²) in [7, 11) is 0. The van der Waals surface area contributed by atoms with Crippen LogP contribution in [-0.2, 0) is 5.41 Å². The maximum atomic E-state index is 3.63. The summed E-state index contributed by atoms with van der Waals surface area (Å²) in [5, 5.41) is 3.63. The van der Waals surface area contributed by atoms with Crippen molar-refractivity contribution in [3.63, 3.8) is 0 Å². The molecule has 4 aliphatic rings. The number of fused-ring (bicyclic) bond motifs is 1. The number of hydrogen-bond acceptors (Lipinski definition) is 1. The molecule has 2 aliphatic heterocycles. The van der Waals surface area contributed by atoms with Crippen LogP contribution in [0.25, 0.3) is 5.70 Å². The van der Waals surface area contributed by atoms with Gasteiger partial charge in [-0.3, -0.25) is 0 Å². The number of allylic oxidation sites excluding steroid dienone is 5. The Morgan fingerprint density at radius 1 is 1.26 bits per heavy atom. The number of hydrogen-bond donors (Lipinski definition) is 1. The van der Waals surface area contributed by atoms with E-state index in [2.05, 4.69) is 76.7 Å². The zero-order chi connectivity index (χ0) is 13.0. The molecule has 2 aliphatic carbocycles. The molecule has 0 spiro atoms. The van der Waals surface area contributed by atoms with E-state index in [4.69, 9.17) is 0 Å². The van der Waals surface area contributed by atoms with Gasteiger partial charge in [0.25, 0.3) is 0 Å². The maximum Gasteiger partial charge on any atom is 0.0382 e. The zero-order valence-corrected chi connectivity index (χ0v) is 12.4. The summed E-state index contributed by atoms with van der Waals surface area (Å²) >= 11 is 3.63. The standard InChI is InChI=1S/C17H16BrN/c1-17-10-19-16(8-11-4-2-3-5-14(11)17)13-7-6-12(18)9-15(13)17/h2-9,11,14,19H,10H2,1H3. The molecule has 0 saturated heterocycles. The summed E-state index contributed by atoms with van der Waals surface area (Å²) in [5.41, 5.74) is 4.29. The van der Waals surface area contributed by atoms with Crippen LogP contribution in [0.3, 0.4) is 0 Å². The van der Waals surface area contributed by atoms with Crippen molar-refractivity contribution in [2.24, 2.45) is 11.8 Å². The van der Waals surface area contributed by atoms with Crippen LogP contribution in [0.15, 0.2) is 53.1 Å². The van der Waals surface area contributed by atoms with E-state index in [0.29, 0.717) is 11.8 Å². The van der Waals surface area contributed by atoms with Gasteiger partial charge in [0.2, 0.25) is 0 Å². The van der Waals surface area contributed by atoms with Gasteiger partial charge in [-0.15, -0.1) is 0 Å². The highest BCUT2D eigenvalue weighted by atomic mass is 79.9. The average molecular weight is 314 g/mol. The summed E-state index contributed by atoms with van der Waals surface area (Å²) in [6.45, 7) is 3.41. The third-order valence-corrected chi connectivity index (χ3v) is 5.30. The highest BCUT2D eigenvalue weighted by Gasteiger charge is 2.45. The Balaban J connectivity index is 2.01. The van der Waals surface area contributed by atoms with Gasteiger partial charge < -0.3 is 5.32 Å². The molecule has 0 aromatic heterocycles. The Kier molecular flexibility index (Phi) is 2.34. The first-order valence-corrected chi connectivity index (χ1v) is 7.59. The molecule has 1 aromatic carbocycles. The van der Waals surface area contributed by atoms with Gasteiger partial charge in [-0.1, -0.05) is 59.3 Å². The molecule has 96 valence electrons. The molecule has 1 N–H and O–H groups in total. The van der Waals surface area contributed by atoms with E-state index in [1.54, 1.807) is 0 Å². The fourth-order valence-corrected chi connectivity index (χ4v) is 4.11. The minimum absolute atomic E-state index is 0.154. The first-order valence-electron chi connectivity index (χ1n) is 6.79. The minimum atomic E-state index is 0.154. The molecular formula is C17H16BrN. The first-order chi connectivity index (χ1) is 9.18. The van der Waals surface area contributed by atoms with E-state index in [0.717, 1.165) is 6.54 Å². The highest BCUT2D eigenvalue weighted by Crippen LogP contribution is 2.48. The molecule has 3 atom stereocenters. The zero-order valence-electron chi connectivity index (χ0n) is 10.9. The predicted molar refractivity (Wildman–Crippen MR) is 82.7 cm³/mol. The van der Waals surface area contributed by atoms with Gasteiger partial charge in [0.1, 0.15) is 0 Å². The molecule has 1 aromatic rings. The Labute approximate surface area is 122 Å². The molecule has 0 saturated carbocycles. The molecule has 5 rings (SSSR count). The van der Waals surface area contributed by atoms with Crippen LogP contribution in [0, 0.1) is 11.8 Å². The fourth-order valence-electron chi connectivity index (χ4n) is 3.75. The molecule has 2 heterocycles. The van der Waals surface area contributed by atoms with Crippen molar-refractivity contribution >= 4 is 21.6 Å². The van der Waals surface area contributed by atoms with Crippen LogP contribution < -0.4 is 5.32 Å². The smallest absolute Gasteiger partial charge is 0.0382 e. The third kappa shape index (κ3) is 1.53. The van der Waals surface area contributed by atoms with Gasteiger partial charge in [-0.2, -0.15) is 0 Å². The molecular weight excluding hydrogens is 298 g/mol. The van der Waals surface area contributed by atoms with Gasteiger partial charge in [-0.05, 0) is 23.6 Å². The molecule has 0 radical (unpaired) electrons. The van der Waals surface area contributed by atoms with Gasteiger partial charge >= 0.3 is 0 Å². The fraction of sp³-hybridized carbons (Fsp3) is 0.294.